The standard InChI is InChI=1S/C21H21N3O5/c1-4-12(3)24-19(26)15-7-6-13(10-16(15)20(24)27)18(25)23-17-11-14(8-9-22-17)21(28)29-5-2/h6-12H,4-5H2,1-3H3,(H,22,23,25). The number of amides is 3. The first kappa shape index (κ1) is 20.2. The number of esters is 1. The molecular formula is C21H21N3O5. The number of rotatable bonds is 6. The predicted octanol–water partition coefficient (Wildman–Crippen LogP) is 2.91. The molecule has 1 aliphatic heterocycles. The molecule has 1 unspecified atom stereocenters. The highest BCUT2D eigenvalue weighted by Crippen LogP contribution is 2.27. The fourth-order valence-electron chi connectivity index (χ4n) is 3.01. The Kier molecular flexibility index (Phi) is 5.72. The van der Waals surface area contributed by atoms with Gasteiger partial charge in [0.05, 0.1) is 23.3 Å². The van der Waals surface area contributed by atoms with Gasteiger partial charge in [0.2, 0.25) is 0 Å². The highest BCUT2D eigenvalue weighted by molar-refractivity contribution is 6.22. The number of carbonyl (C=O) groups is 4. The van der Waals surface area contributed by atoms with Gasteiger partial charge >= 0.3 is 5.97 Å². The number of fused-ring (bicyclic) bond motifs is 1. The lowest BCUT2D eigenvalue weighted by atomic mass is 10.1. The molecule has 1 aromatic carbocycles. The first-order chi connectivity index (χ1) is 13.9. The second-order valence-electron chi connectivity index (χ2n) is 6.60. The van der Waals surface area contributed by atoms with Crippen LogP contribution in [0.5, 0.6) is 0 Å². The van der Waals surface area contributed by atoms with Gasteiger partial charge < -0.3 is 10.1 Å². The first-order valence-corrected chi connectivity index (χ1v) is 9.33. The molecule has 1 N–H and O–H groups in total. The van der Waals surface area contributed by atoms with Crippen LogP contribution < -0.4 is 5.32 Å². The van der Waals surface area contributed by atoms with Gasteiger partial charge in [-0.05, 0) is 50.6 Å². The fraction of sp³-hybridized carbons (Fsp3) is 0.286. The van der Waals surface area contributed by atoms with Crippen molar-refractivity contribution in [1.82, 2.24) is 9.88 Å². The van der Waals surface area contributed by atoms with Crippen LogP contribution in [0.1, 0.15) is 68.6 Å². The number of hydrogen-bond acceptors (Lipinski definition) is 6. The molecule has 150 valence electrons. The molecular weight excluding hydrogens is 374 g/mol. The molecule has 0 saturated heterocycles. The second kappa shape index (κ2) is 8.22. The van der Waals surface area contributed by atoms with Crippen LogP contribution in [0.3, 0.4) is 0 Å². The van der Waals surface area contributed by atoms with E-state index >= 15 is 0 Å². The normalized spacial score (nSPS) is 13.8. The fourth-order valence-corrected chi connectivity index (χ4v) is 3.01. The minimum atomic E-state index is -0.517. The zero-order valence-electron chi connectivity index (χ0n) is 16.4. The maximum absolute atomic E-state index is 12.6. The Balaban J connectivity index is 1.82. The molecule has 1 atom stereocenters. The van der Waals surface area contributed by atoms with E-state index in [4.69, 9.17) is 4.74 Å². The minimum Gasteiger partial charge on any atom is -0.462 e. The average molecular weight is 395 g/mol. The van der Waals surface area contributed by atoms with Gasteiger partial charge in [-0.2, -0.15) is 0 Å². The van der Waals surface area contributed by atoms with Crippen LogP contribution in [-0.4, -0.2) is 46.2 Å². The summed E-state index contributed by atoms with van der Waals surface area (Å²) in [6, 6.07) is 7.03. The van der Waals surface area contributed by atoms with Crippen LogP contribution in [0.15, 0.2) is 36.5 Å². The van der Waals surface area contributed by atoms with Crippen LogP contribution in [0, 0.1) is 0 Å². The third-order valence-electron chi connectivity index (χ3n) is 4.72. The predicted molar refractivity (Wildman–Crippen MR) is 105 cm³/mol. The first-order valence-electron chi connectivity index (χ1n) is 9.33. The topological polar surface area (TPSA) is 106 Å². The van der Waals surface area contributed by atoms with Gasteiger partial charge in [0.1, 0.15) is 5.82 Å². The van der Waals surface area contributed by atoms with Crippen molar-refractivity contribution in [3.8, 4) is 0 Å². The van der Waals surface area contributed by atoms with Crippen molar-refractivity contribution >= 4 is 29.5 Å². The third-order valence-corrected chi connectivity index (χ3v) is 4.72. The lowest BCUT2D eigenvalue weighted by molar-refractivity contribution is 0.0524. The zero-order valence-corrected chi connectivity index (χ0v) is 16.4. The minimum absolute atomic E-state index is 0.171. The van der Waals surface area contributed by atoms with Gasteiger partial charge in [0.15, 0.2) is 0 Å². The third kappa shape index (κ3) is 3.87. The summed E-state index contributed by atoms with van der Waals surface area (Å²) in [4.78, 5) is 54.8. The average Bonchev–Trinajstić information content (AvgIpc) is 2.97. The van der Waals surface area contributed by atoms with Crippen molar-refractivity contribution in [2.24, 2.45) is 0 Å². The summed E-state index contributed by atoms with van der Waals surface area (Å²) in [6.45, 7) is 5.63. The number of aromatic nitrogens is 1. The smallest absolute Gasteiger partial charge is 0.338 e. The number of nitrogens with one attached hydrogen (secondary N) is 1. The number of hydrogen-bond donors (Lipinski definition) is 1. The van der Waals surface area contributed by atoms with Crippen molar-refractivity contribution in [3.63, 3.8) is 0 Å². The molecule has 0 radical (unpaired) electrons. The van der Waals surface area contributed by atoms with Gasteiger partial charge in [-0.25, -0.2) is 9.78 Å². The molecule has 29 heavy (non-hydrogen) atoms. The largest absolute Gasteiger partial charge is 0.462 e. The molecule has 0 spiro atoms. The highest BCUT2D eigenvalue weighted by Gasteiger charge is 2.38. The lowest BCUT2D eigenvalue weighted by Gasteiger charge is -2.20. The zero-order chi connectivity index (χ0) is 21.1. The van der Waals surface area contributed by atoms with Crippen LogP contribution in [-0.2, 0) is 4.74 Å². The highest BCUT2D eigenvalue weighted by atomic mass is 16.5. The maximum Gasteiger partial charge on any atom is 0.338 e. The van der Waals surface area contributed by atoms with Crippen LogP contribution in [0.2, 0.25) is 0 Å². The summed E-state index contributed by atoms with van der Waals surface area (Å²) in [7, 11) is 0. The van der Waals surface area contributed by atoms with Crippen LogP contribution >= 0.6 is 0 Å². The van der Waals surface area contributed by atoms with Crippen molar-refractivity contribution in [2.75, 3.05) is 11.9 Å². The van der Waals surface area contributed by atoms with Crippen molar-refractivity contribution in [2.45, 2.75) is 33.2 Å². The summed E-state index contributed by atoms with van der Waals surface area (Å²) in [5.41, 5.74) is 0.959. The molecule has 1 aliphatic rings. The number of anilines is 1. The second-order valence-corrected chi connectivity index (χ2v) is 6.60. The van der Waals surface area contributed by atoms with E-state index in [1.165, 1.54) is 41.4 Å². The van der Waals surface area contributed by atoms with E-state index in [1.807, 2.05) is 6.92 Å². The number of ether oxygens (including phenoxy) is 1. The van der Waals surface area contributed by atoms with Gasteiger partial charge in [0.25, 0.3) is 17.7 Å². The number of nitrogens with zero attached hydrogens (tertiary/aromatic N) is 2. The Bertz CT molecular complexity index is 1000. The quantitative estimate of drug-likeness (QED) is 0.595. The van der Waals surface area contributed by atoms with Gasteiger partial charge in [0, 0.05) is 17.8 Å². The summed E-state index contributed by atoms with van der Waals surface area (Å²) in [6.07, 6.45) is 2.03. The molecule has 0 bridgehead atoms. The summed E-state index contributed by atoms with van der Waals surface area (Å²) < 4.78 is 4.93. The van der Waals surface area contributed by atoms with E-state index in [1.54, 1.807) is 13.8 Å². The Morgan fingerprint density at radius 1 is 1.07 bits per heavy atom. The molecule has 1 aromatic heterocycles. The number of imide groups is 1. The van der Waals surface area contributed by atoms with Crippen molar-refractivity contribution < 1.29 is 23.9 Å². The van der Waals surface area contributed by atoms with Crippen molar-refractivity contribution in [3.05, 3.63) is 58.8 Å². The Labute approximate surface area is 167 Å². The molecule has 3 amide bonds. The van der Waals surface area contributed by atoms with E-state index in [9.17, 15) is 19.2 Å². The maximum atomic E-state index is 12.6. The Morgan fingerprint density at radius 3 is 2.48 bits per heavy atom. The van der Waals surface area contributed by atoms with E-state index < -0.39 is 17.8 Å². The number of carbonyl (C=O) groups excluding carboxylic acids is 4. The summed E-state index contributed by atoms with van der Waals surface area (Å²) in [5.74, 6) is -1.61. The van der Waals surface area contributed by atoms with Crippen LogP contribution in [0.4, 0.5) is 5.82 Å². The molecule has 2 heterocycles. The molecule has 2 aromatic rings. The monoisotopic (exact) mass is 395 g/mol. The SMILES string of the molecule is CCOC(=O)c1ccnc(NC(=O)c2ccc3c(c2)C(=O)N(C(C)CC)C3=O)c1. The summed E-state index contributed by atoms with van der Waals surface area (Å²) in [5, 5.41) is 2.59. The molecule has 0 aliphatic carbocycles. The Hall–Kier alpha value is -3.55. The molecule has 0 saturated carbocycles. The van der Waals surface area contributed by atoms with Crippen molar-refractivity contribution in [1.29, 1.82) is 0 Å². The molecule has 0 fully saturated rings. The molecule has 8 nitrogen and oxygen atoms in total. The van der Waals surface area contributed by atoms with E-state index in [2.05, 4.69) is 10.3 Å². The van der Waals surface area contributed by atoms with Gasteiger partial charge in [-0.15, -0.1) is 0 Å². The molecule has 3 rings (SSSR count). The number of benzene rings is 1. The van der Waals surface area contributed by atoms with E-state index in [0.717, 1.165) is 0 Å². The van der Waals surface area contributed by atoms with Gasteiger partial charge in [-0.3, -0.25) is 19.3 Å². The summed E-state index contributed by atoms with van der Waals surface area (Å²) >= 11 is 0. The number of pyridine rings is 1. The van der Waals surface area contributed by atoms with E-state index in [-0.39, 0.29) is 46.6 Å². The van der Waals surface area contributed by atoms with Crippen LogP contribution in [0.25, 0.3) is 0 Å². The van der Waals surface area contributed by atoms with E-state index in [0.29, 0.717) is 6.42 Å². The molecule has 8 heteroatoms. The van der Waals surface area contributed by atoms with Gasteiger partial charge in [-0.1, -0.05) is 6.92 Å². The lowest BCUT2D eigenvalue weighted by Crippen LogP contribution is -2.37. The Morgan fingerprint density at radius 2 is 1.79 bits per heavy atom.